The number of methoxy groups -OCH3 is 1. The third-order valence-corrected chi connectivity index (χ3v) is 3.01. The number of aliphatic carboxylic acids is 1. The van der Waals surface area contributed by atoms with Crippen LogP contribution in [0, 0.1) is 0 Å². The number of hydrogen-bond acceptors (Lipinski definition) is 4. The topological polar surface area (TPSA) is 105 Å². The number of nitrogens with one attached hydrogen (secondary N) is 2. The first kappa shape index (κ1) is 16.3. The minimum atomic E-state index is -0.964. The summed E-state index contributed by atoms with van der Waals surface area (Å²) in [5, 5.41) is 17.7. The molecule has 122 valence electrons. The van der Waals surface area contributed by atoms with E-state index in [-0.39, 0.29) is 13.0 Å². The summed E-state index contributed by atoms with van der Waals surface area (Å²) in [5.74, 6) is 0.218. The van der Waals surface area contributed by atoms with Crippen LogP contribution in [0.15, 0.2) is 36.5 Å². The molecular weight excluding hydrogens is 300 g/mol. The lowest BCUT2D eigenvalue weighted by atomic mass is 10.2. The maximum atomic E-state index is 11.6. The monoisotopic (exact) mass is 318 g/mol. The second-order valence-corrected chi connectivity index (χ2v) is 4.77. The summed E-state index contributed by atoms with van der Waals surface area (Å²) in [5.41, 5.74) is 1.05. The van der Waals surface area contributed by atoms with E-state index in [0.717, 1.165) is 11.3 Å². The fraction of sp³-hybridized carbons (Fsp3) is 0.267. The van der Waals surface area contributed by atoms with Crippen molar-refractivity contribution in [1.82, 2.24) is 15.1 Å². The normalized spacial score (nSPS) is 10.1. The van der Waals surface area contributed by atoms with Gasteiger partial charge in [0.05, 0.1) is 20.1 Å². The van der Waals surface area contributed by atoms with Crippen molar-refractivity contribution < 1.29 is 19.4 Å². The summed E-state index contributed by atoms with van der Waals surface area (Å²) >= 11 is 0. The van der Waals surface area contributed by atoms with Gasteiger partial charge in [-0.3, -0.25) is 14.8 Å². The molecule has 8 nitrogen and oxygen atoms in total. The molecule has 23 heavy (non-hydrogen) atoms. The quantitative estimate of drug-likeness (QED) is 0.718. The van der Waals surface area contributed by atoms with Crippen LogP contribution >= 0.6 is 0 Å². The number of carboxylic acids is 1. The Morgan fingerprint density at radius 3 is 2.65 bits per heavy atom. The van der Waals surface area contributed by atoms with E-state index in [0.29, 0.717) is 12.4 Å². The zero-order valence-corrected chi connectivity index (χ0v) is 12.7. The van der Waals surface area contributed by atoms with Crippen LogP contribution in [0.4, 0.5) is 10.6 Å². The van der Waals surface area contributed by atoms with Gasteiger partial charge in [-0.2, -0.15) is 5.10 Å². The van der Waals surface area contributed by atoms with Gasteiger partial charge < -0.3 is 15.2 Å². The number of ether oxygens (including phenoxy) is 1. The Morgan fingerprint density at radius 1 is 1.26 bits per heavy atom. The molecule has 0 aliphatic carbocycles. The summed E-state index contributed by atoms with van der Waals surface area (Å²) in [6.45, 7) is 0.625. The number of amides is 2. The summed E-state index contributed by atoms with van der Waals surface area (Å²) in [7, 11) is 1.61. The Bertz CT molecular complexity index is 666. The van der Waals surface area contributed by atoms with Crippen LogP contribution in [0.3, 0.4) is 0 Å². The molecule has 1 aromatic carbocycles. The van der Waals surface area contributed by atoms with E-state index in [1.165, 1.54) is 0 Å². The van der Waals surface area contributed by atoms with Crippen molar-refractivity contribution in [2.24, 2.45) is 0 Å². The lowest BCUT2D eigenvalue weighted by molar-refractivity contribution is -0.136. The number of benzene rings is 1. The molecule has 1 aromatic heterocycles. The lowest BCUT2D eigenvalue weighted by Gasteiger charge is -2.05. The van der Waals surface area contributed by atoms with Crippen LogP contribution in [0.5, 0.6) is 5.75 Å². The molecule has 3 N–H and O–H groups in total. The van der Waals surface area contributed by atoms with E-state index in [1.807, 2.05) is 24.3 Å². The molecule has 0 fully saturated rings. The first-order valence-electron chi connectivity index (χ1n) is 7.00. The van der Waals surface area contributed by atoms with Crippen LogP contribution in [-0.4, -0.2) is 40.5 Å². The molecule has 0 radical (unpaired) electrons. The number of carbonyl (C=O) groups excluding carboxylic acids is 1. The first-order valence-corrected chi connectivity index (χ1v) is 7.00. The molecule has 0 saturated heterocycles. The largest absolute Gasteiger partial charge is 0.497 e. The molecule has 0 aliphatic heterocycles. The van der Waals surface area contributed by atoms with Crippen molar-refractivity contribution in [1.29, 1.82) is 0 Å². The van der Waals surface area contributed by atoms with Crippen LogP contribution in [0.2, 0.25) is 0 Å². The van der Waals surface area contributed by atoms with Crippen LogP contribution < -0.4 is 15.4 Å². The van der Waals surface area contributed by atoms with Gasteiger partial charge in [-0.25, -0.2) is 4.79 Å². The van der Waals surface area contributed by atoms with Crippen molar-refractivity contribution in [3.8, 4) is 5.75 Å². The maximum absolute atomic E-state index is 11.6. The smallest absolute Gasteiger partial charge is 0.320 e. The van der Waals surface area contributed by atoms with E-state index in [1.54, 1.807) is 24.1 Å². The Balaban J connectivity index is 1.84. The molecule has 0 aliphatic rings. The summed E-state index contributed by atoms with van der Waals surface area (Å²) in [6, 6.07) is 8.79. The van der Waals surface area contributed by atoms with E-state index in [4.69, 9.17) is 9.84 Å². The van der Waals surface area contributed by atoms with Gasteiger partial charge in [-0.15, -0.1) is 0 Å². The molecule has 0 spiro atoms. The highest BCUT2D eigenvalue weighted by Gasteiger charge is 2.06. The fourth-order valence-electron chi connectivity index (χ4n) is 1.88. The number of aromatic nitrogens is 2. The average molecular weight is 318 g/mol. The molecule has 0 atom stereocenters. The first-order chi connectivity index (χ1) is 11.1. The Kier molecular flexibility index (Phi) is 5.56. The van der Waals surface area contributed by atoms with Gasteiger partial charge in [0.25, 0.3) is 0 Å². The highest BCUT2D eigenvalue weighted by atomic mass is 16.5. The Labute approximate surface area is 133 Å². The van der Waals surface area contributed by atoms with Crippen molar-refractivity contribution in [3.63, 3.8) is 0 Å². The van der Waals surface area contributed by atoms with Gasteiger partial charge in [0, 0.05) is 18.8 Å². The lowest BCUT2D eigenvalue weighted by Crippen LogP contribution is -2.30. The van der Waals surface area contributed by atoms with Gasteiger partial charge in [0.1, 0.15) is 5.75 Å². The highest BCUT2D eigenvalue weighted by Crippen LogP contribution is 2.12. The third-order valence-electron chi connectivity index (χ3n) is 3.01. The van der Waals surface area contributed by atoms with Crippen molar-refractivity contribution in [2.45, 2.75) is 13.0 Å². The predicted molar refractivity (Wildman–Crippen MR) is 83.6 cm³/mol. The molecular formula is C15H18N4O4. The number of nitrogens with zero attached hydrogens (tertiary/aromatic N) is 2. The Hall–Kier alpha value is -3.03. The van der Waals surface area contributed by atoms with Crippen molar-refractivity contribution in [2.75, 3.05) is 19.0 Å². The number of urea groups is 1. The van der Waals surface area contributed by atoms with Crippen LogP contribution in [-0.2, 0) is 11.3 Å². The summed E-state index contributed by atoms with van der Waals surface area (Å²) in [4.78, 5) is 21.9. The van der Waals surface area contributed by atoms with Crippen LogP contribution in [0.25, 0.3) is 0 Å². The van der Waals surface area contributed by atoms with Gasteiger partial charge in [-0.05, 0) is 17.7 Å². The number of rotatable bonds is 7. The van der Waals surface area contributed by atoms with Crippen LogP contribution in [0.1, 0.15) is 12.0 Å². The van der Waals surface area contributed by atoms with Gasteiger partial charge in [-0.1, -0.05) is 12.1 Å². The molecule has 0 unspecified atom stereocenters. The zero-order valence-electron chi connectivity index (χ0n) is 12.7. The van der Waals surface area contributed by atoms with E-state index >= 15 is 0 Å². The second kappa shape index (κ2) is 7.83. The standard InChI is InChI=1S/C15H18N4O4/c1-23-12-4-2-11(3-5-12)10-19-9-7-13(18-19)17-15(22)16-8-6-14(20)21/h2-5,7,9H,6,8,10H2,1H3,(H,20,21)(H2,16,17,18,22). The summed E-state index contributed by atoms with van der Waals surface area (Å²) in [6.07, 6.45) is 1.62. The second-order valence-electron chi connectivity index (χ2n) is 4.77. The third kappa shape index (κ3) is 5.34. The number of carbonyl (C=O) groups is 2. The highest BCUT2D eigenvalue weighted by molar-refractivity contribution is 5.88. The van der Waals surface area contributed by atoms with Gasteiger partial charge in [0.2, 0.25) is 0 Å². The SMILES string of the molecule is COc1ccc(Cn2ccc(NC(=O)NCCC(=O)O)n2)cc1. The molecule has 8 heteroatoms. The van der Waals surface area contributed by atoms with Crippen molar-refractivity contribution >= 4 is 17.8 Å². The van der Waals surface area contributed by atoms with Gasteiger partial charge in [0.15, 0.2) is 5.82 Å². The molecule has 0 bridgehead atoms. The minimum Gasteiger partial charge on any atom is -0.497 e. The van der Waals surface area contributed by atoms with Gasteiger partial charge >= 0.3 is 12.0 Å². The number of hydrogen-bond donors (Lipinski definition) is 3. The molecule has 0 saturated carbocycles. The zero-order chi connectivity index (χ0) is 16.7. The summed E-state index contributed by atoms with van der Waals surface area (Å²) < 4.78 is 6.79. The molecule has 1 heterocycles. The predicted octanol–water partition coefficient (Wildman–Crippen LogP) is 1.54. The minimum absolute atomic E-state index is 0.0632. The van der Waals surface area contributed by atoms with E-state index < -0.39 is 12.0 Å². The maximum Gasteiger partial charge on any atom is 0.320 e. The number of carboxylic acid groups (broad SMARTS) is 1. The Morgan fingerprint density at radius 2 is 2.00 bits per heavy atom. The molecule has 2 rings (SSSR count). The van der Waals surface area contributed by atoms with Crippen molar-refractivity contribution in [3.05, 3.63) is 42.1 Å². The molecule has 2 aromatic rings. The van der Waals surface area contributed by atoms with E-state index in [2.05, 4.69) is 15.7 Å². The number of anilines is 1. The average Bonchev–Trinajstić information content (AvgIpc) is 2.94. The van der Waals surface area contributed by atoms with E-state index in [9.17, 15) is 9.59 Å². The fourth-order valence-corrected chi connectivity index (χ4v) is 1.88. The molecule has 2 amide bonds.